The van der Waals surface area contributed by atoms with Crippen molar-refractivity contribution in [2.45, 2.75) is 109 Å². The molecule has 2 aliphatic rings. The van der Waals surface area contributed by atoms with Gasteiger partial charge in [-0.1, -0.05) is 83.8 Å². The summed E-state index contributed by atoms with van der Waals surface area (Å²) in [6, 6.07) is 7.89. The van der Waals surface area contributed by atoms with Gasteiger partial charge < -0.3 is 5.32 Å². The fourth-order valence-corrected chi connectivity index (χ4v) is 6.50. The highest BCUT2D eigenvalue weighted by Gasteiger charge is 2.40. The highest BCUT2D eigenvalue weighted by Crippen LogP contribution is 2.44. The molecule has 1 aromatic rings. The number of nitrogens with one attached hydrogen (secondary N) is 1. The molecule has 0 aromatic heterocycles. The zero-order chi connectivity index (χ0) is 22.1. The number of amides is 1. The lowest BCUT2D eigenvalue weighted by molar-refractivity contribution is -0.128. The maximum atomic E-state index is 13.6. The van der Waals surface area contributed by atoms with Crippen LogP contribution in [0.15, 0.2) is 29.2 Å². The van der Waals surface area contributed by atoms with E-state index >= 15 is 0 Å². The van der Waals surface area contributed by atoms with Gasteiger partial charge in [0.05, 0.1) is 5.69 Å². The molecule has 1 aromatic carbocycles. The van der Waals surface area contributed by atoms with Crippen molar-refractivity contribution in [3.05, 3.63) is 24.3 Å². The van der Waals surface area contributed by atoms with E-state index in [0.29, 0.717) is 5.92 Å². The zero-order valence-corrected chi connectivity index (χ0v) is 20.4. The first kappa shape index (κ1) is 24.4. The van der Waals surface area contributed by atoms with E-state index in [-0.39, 0.29) is 22.4 Å². The van der Waals surface area contributed by atoms with Crippen molar-refractivity contribution in [2.75, 3.05) is 5.32 Å². The van der Waals surface area contributed by atoms with Crippen molar-refractivity contribution in [3.8, 4) is 0 Å². The number of hydrogen-bond donors (Lipinski definition) is 1. The van der Waals surface area contributed by atoms with Crippen molar-refractivity contribution in [2.24, 2.45) is 17.3 Å². The Kier molecular flexibility index (Phi) is 9.49. The highest BCUT2D eigenvalue weighted by molar-refractivity contribution is 8.13. The molecule has 2 saturated carbocycles. The molecule has 0 heterocycles. The molecule has 0 bridgehead atoms. The summed E-state index contributed by atoms with van der Waals surface area (Å²) < 4.78 is 0. The third-order valence-electron chi connectivity index (χ3n) is 7.66. The first-order chi connectivity index (χ1) is 15.1. The molecule has 3 nitrogen and oxygen atoms in total. The van der Waals surface area contributed by atoms with Crippen LogP contribution in [0, 0.1) is 17.3 Å². The Morgan fingerprint density at radius 1 is 0.968 bits per heavy atom. The molecular formula is C27H41NO2S. The number of rotatable bonds is 8. The molecule has 172 valence electrons. The number of anilines is 1. The van der Waals surface area contributed by atoms with Gasteiger partial charge in [-0.2, -0.15) is 0 Å². The largest absolute Gasteiger partial charge is 0.325 e. The number of thioether (sulfide) groups is 1. The minimum absolute atomic E-state index is 0.163. The van der Waals surface area contributed by atoms with Gasteiger partial charge in [0.2, 0.25) is 5.91 Å². The van der Waals surface area contributed by atoms with E-state index in [4.69, 9.17) is 0 Å². The van der Waals surface area contributed by atoms with Crippen LogP contribution in [0.2, 0.25) is 0 Å². The lowest BCUT2D eigenvalue weighted by atomic mass is 9.67. The van der Waals surface area contributed by atoms with Gasteiger partial charge in [0.25, 0.3) is 0 Å². The predicted octanol–water partition coefficient (Wildman–Crippen LogP) is 7.99. The van der Waals surface area contributed by atoms with E-state index in [0.717, 1.165) is 81.2 Å². The van der Waals surface area contributed by atoms with Crippen LogP contribution in [0.25, 0.3) is 0 Å². The second kappa shape index (κ2) is 12.1. The topological polar surface area (TPSA) is 46.2 Å². The maximum Gasteiger partial charge on any atom is 0.230 e. The third-order valence-corrected chi connectivity index (χ3v) is 8.77. The molecule has 1 N–H and O–H groups in total. The van der Waals surface area contributed by atoms with Gasteiger partial charge in [-0.25, -0.2) is 0 Å². The minimum atomic E-state index is -0.252. The van der Waals surface area contributed by atoms with E-state index in [9.17, 15) is 9.59 Å². The van der Waals surface area contributed by atoms with Gasteiger partial charge in [0.1, 0.15) is 0 Å². The Morgan fingerprint density at radius 3 is 2.23 bits per heavy atom. The van der Waals surface area contributed by atoms with Crippen LogP contribution in [0.1, 0.15) is 104 Å². The molecule has 0 spiro atoms. The molecule has 3 rings (SSSR count). The van der Waals surface area contributed by atoms with Gasteiger partial charge in [-0.3, -0.25) is 9.59 Å². The van der Waals surface area contributed by atoms with E-state index in [2.05, 4.69) is 19.2 Å². The Morgan fingerprint density at radius 2 is 1.58 bits per heavy atom. The summed E-state index contributed by atoms with van der Waals surface area (Å²) in [6.07, 6.45) is 15.6. The minimum Gasteiger partial charge on any atom is -0.325 e. The van der Waals surface area contributed by atoms with E-state index in [1.807, 2.05) is 24.3 Å². The average Bonchev–Trinajstić information content (AvgIpc) is 3.09. The van der Waals surface area contributed by atoms with Crippen LogP contribution in [0.3, 0.4) is 0 Å². The van der Waals surface area contributed by atoms with Gasteiger partial charge in [-0.05, 0) is 61.9 Å². The second-order valence-corrected chi connectivity index (χ2v) is 10.8. The van der Waals surface area contributed by atoms with Crippen LogP contribution < -0.4 is 5.32 Å². The Bertz CT molecular complexity index is 714. The normalized spacial score (nSPS) is 19.7. The summed E-state index contributed by atoms with van der Waals surface area (Å²) in [4.78, 5) is 27.5. The van der Waals surface area contributed by atoms with Crippen LogP contribution in [0.4, 0.5) is 5.69 Å². The Hall–Kier alpha value is -1.29. The molecule has 1 amide bonds. The molecule has 0 unspecified atom stereocenters. The van der Waals surface area contributed by atoms with Crippen molar-refractivity contribution in [1.29, 1.82) is 0 Å². The standard InChI is InChI=1S/C27H41NO2S/c1-3-21(4-2)20-27(18-12-7-13-19-27)26(30)28-23-16-10-11-17-24(23)31-25(29)22-14-8-5-6-9-15-22/h10-11,16-17,21-22H,3-9,12-15,18-20H2,1-2H3,(H,28,30). The van der Waals surface area contributed by atoms with Crippen LogP contribution >= 0.6 is 11.8 Å². The maximum absolute atomic E-state index is 13.6. The van der Waals surface area contributed by atoms with Gasteiger partial charge in [-0.15, -0.1) is 0 Å². The first-order valence-corrected chi connectivity index (χ1v) is 13.5. The molecule has 2 fully saturated rings. The zero-order valence-electron chi connectivity index (χ0n) is 19.6. The average molecular weight is 444 g/mol. The second-order valence-electron chi connectivity index (χ2n) is 9.79. The molecule has 0 atom stereocenters. The van der Waals surface area contributed by atoms with Gasteiger partial charge >= 0.3 is 0 Å². The third kappa shape index (κ3) is 6.60. The monoisotopic (exact) mass is 443 g/mol. The van der Waals surface area contributed by atoms with E-state index in [1.165, 1.54) is 31.0 Å². The molecule has 4 heteroatoms. The number of carbonyl (C=O) groups is 2. The van der Waals surface area contributed by atoms with Crippen LogP contribution in [-0.4, -0.2) is 11.0 Å². The summed E-state index contributed by atoms with van der Waals surface area (Å²) in [5.41, 5.74) is 0.562. The quantitative estimate of drug-likeness (QED) is 0.327. The SMILES string of the molecule is CCC(CC)CC1(C(=O)Nc2ccccc2SC(=O)C2CCCCCC2)CCCCC1. The smallest absolute Gasteiger partial charge is 0.230 e. The van der Waals surface area contributed by atoms with Crippen LogP contribution in [0.5, 0.6) is 0 Å². The van der Waals surface area contributed by atoms with Crippen molar-refractivity contribution in [3.63, 3.8) is 0 Å². The molecular weight excluding hydrogens is 402 g/mol. The van der Waals surface area contributed by atoms with E-state index in [1.54, 1.807) is 0 Å². The molecule has 0 aliphatic heterocycles. The Balaban J connectivity index is 1.73. The number of hydrogen-bond acceptors (Lipinski definition) is 3. The molecule has 0 radical (unpaired) electrons. The predicted molar refractivity (Wildman–Crippen MR) is 131 cm³/mol. The van der Waals surface area contributed by atoms with Gasteiger partial charge in [0.15, 0.2) is 5.12 Å². The Labute approximate surface area is 193 Å². The highest BCUT2D eigenvalue weighted by atomic mass is 32.2. The summed E-state index contributed by atoms with van der Waals surface area (Å²) in [6.45, 7) is 4.49. The number of para-hydroxylation sites is 1. The number of benzene rings is 1. The fraction of sp³-hybridized carbons (Fsp3) is 0.704. The molecule has 31 heavy (non-hydrogen) atoms. The summed E-state index contributed by atoms with van der Waals surface area (Å²) >= 11 is 1.34. The lowest BCUT2D eigenvalue weighted by Crippen LogP contribution is -2.39. The van der Waals surface area contributed by atoms with Crippen molar-refractivity contribution < 1.29 is 9.59 Å². The first-order valence-electron chi connectivity index (χ1n) is 12.7. The fourth-order valence-electron chi connectivity index (χ4n) is 5.50. The number of carbonyl (C=O) groups excluding carboxylic acids is 2. The van der Waals surface area contributed by atoms with Crippen molar-refractivity contribution >= 4 is 28.5 Å². The molecule has 2 aliphatic carbocycles. The van der Waals surface area contributed by atoms with Gasteiger partial charge in [0, 0.05) is 16.2 Å². The molecule has 0 saturated heterocycles. The lowest BCUT2D eigenvalue weighted by Gasteiger charge is -2.38. The van der Waals surface area contributed by atoms with Crippen molar-refractivity contribution in [1.82, 2.24) is 0 Å². The summed E-state index contributed by atoms with van der Waals surface area (Å²) in [7, 11) is 0. The summed E-state index contributed by atoms with van der Waals surface area (Å²) in [5, 5.41) is 3.55. The summed E-state index contributed by atoms with van der Waals surface area (Å²) in [5.74, 6) is 0.940. The van der Waals surface area contributed by atoms with Crippen LogP contribution in [-0.2, 0) is 9.59 Å². The van der Waals surface area contributed by atoms with E-state index < -0.39 is 0 Å².